The highest BCUT2D eigenvalue weighted by molar-refractivity contribution is 4.86. The van der Waals surface area contributed by atoms with Crippen LogP contribution in [0.3, 0.4) is 0 Å². The van der Waals surface area contributed by atoms with Gasteiger partial charge in [-0.25, -0.2) is 0 Å². The van der Waals surface area contributed by atoms with Crippen LogP contribution in [0.1, 0.15) is 156 Å². The standard InChI is InChI=1S/C26H54O/c1-5-9-12-14-16-19-22-25(21-18-11-7-3)26(27,23-8-4)24-20-17-15-13-10-6-2/h25,27H,5-24H2,1-4H3. The minimum atomic E-state index is -0.392. The van der Waals surface area contributed by atoms with E-state index < -0.39 is 5.60 Å². The van der Waals surface area contributed by atoms with Gasteiger partial charge in [0.25, 0.3) is 0 Å². The largest absolute Gasteiger partial charge is 0.390 e. The van der Waals surface area contributed by atoms with E-state index in [1.165, 1.54) is 109 Å². The van der Waals surface area contributed by atoms with Gasteiger partial charge >= 0.3 is 0 Å². The fraction of sp³-hybridized carbons (Fsp3) is 1.00. The summed E-state index contributed by atoms with van der Waals surface area (Å²) in [7, 11) is 0. The maximum Gasteiger partial charge on any atom is 0.0675 e. The zero-order valence-electron chi connectivity index (χ0n) is 19.7. The van der Waals surface area contributed by atoms with E-state index in [1.54, 1.807) is 0 Å². The molecule has 164 valence electrons. The first-order chi connectivity index (χ1) is 13.1. The number of aliphatic hydroxyl groups is 1. The van der Waals surface area contributed by atoms with Crippen molar-refractivity contribution in [2.75, 3.05) is 0 Å². The molecule has 0 aromatic carbocycles. The summed E-state index contributed by atoms with van der Waals surface area (Å²) in [5.41, 5.74) is -0.392. The molecule has 0 amide bonds. The third-order valence-electron chi connectivity index (χ3n) is 6.47. The van der Waals surface area contributed by atoms with Crippen LogP contribution in [0.4, 0.5) is 0 Å². The van der Waals surface area contributed by atoms with Crippen molar-refractivity contribution in [3.63, 3.8) is 0 Å². The molecule has 0 bridgehead atoms. The first-order valence-corrected chi connectivity index (χ1v) is 12.9. The molecule has 0 spiro atoms. The summed E-state index contributed by atoms with van der Waals surface area (Å²) in [6.07, 6.45) is 25.7. The Balaban J connectivity index is 4.51. The van der Waals surface area contributed by atoms with Gasteiger partial charge in [0.2, 0.25) is 0 Å². The molecule has 0 aliphatic carbocycles. The van der Waals surface area contributed by atoms with Crippen molar-refractivity contribution >= 4 is 0 Å². The summed E-state index contributed by atoms with van der Waals surface area (Å²) in [6, 6.07) is 0. The van der Waals surface area contributed by atoms with Crippen LogP contribution >= 0.6 is 0 Å². The van der Waals surface area contributed by atoms with Crippen molar-refractivity contribution in [3.05, 3.63) is 0 Å². The summed E-state index contributed by atoms with van der Waals surface area (Å²) < 4.78 is 0. The van der Waals surface area contributed by atoms with E-state index in [2.05, 4.69) is 27.7 Å². The van der Waals surface area contributed by atoms with Gasteiger partial charge in [-0.05, 0) is 31.6 Å². The molecule has 0 radical (unpaired) electrons. The van der Waals surface area contributed by atoms with E-state index in [0.29, 0.717) is 5.92 Å². The normalized spacial score (nSPS) is 15.0. The molecule has 1 nitrogen and oxygen atoms in total. The van der Waals surface area contributed by atoms with Crippen LogP contribution in [0.5, 0.6) is 0 Å². The lowest BCUT2D eigenvalue weighted by atomic mass is 9.74. The second kappa shape index (κ2) is 19.3. The minimum Gasteiger partial charge on any atom is -0.390 e. The molecule has 2 atom stereocenters. The summed E-state index contributed by atoms with van der Waals surface area (Å²) in [5.74, 6) is 0.533. The molecular formula is C26H54O. The van der Waals surface area contributed by atoms with E-state index in [0.717, 1.165) is 19.3 Å². The average Bonchev–Trinajstić information content (AvgIpc) is 2.66. The van der Waals surface area contributed by atoms with Gasteiger partial charge in [-0.3, -0.25) is 0 Å². The van der Waals surface area contributed by atoms with Crippen molar-refractivity contribution in [1.82, 2.24) is 0 Å². The molecule has 2 unspecified atom stereocenters. The Labute approximate surface area is 173 Å². The molecule has 0 aliphatic rings. The predicted octanol–water partition coefficient (Wildman–Crippen LogP) is 9.22. The Hall–Kier alpha value is -0.0400. The predicted molar refractivity (Wildman–Crippen MR) is 123 cm³/mol. The van der Waals surface area contributed by atoms with Crippen LogP contribution < -0.4 is 0 Å². The number of rotatable bonds is 21. The zero-order valence-corrected chi connectivity index (χ0v) is 19.7. The van der Waals surface area contributed by atoms with Crippen molar-refractivity contribution in [1.29, 1.82) is 0 Å². The molecular weight excluding hydrogens is 328 g/mol. The highest BCUT2D eigenvalue weighted by Crippen LogP contribution is 2.36. The monoisotopic (exact) mass is 382 g/mol. The van der Waals surface area contributed by atoms with Crippen LogP contribution in [0.15, 0.2) is 0 Å². The maximum absolute atomic E-state index is 11.6. The van der Waals surface area contributed by atoms with E-state index >= 15 is 0 Å². The van der Waals surface area contributed by atoms with Crippen LogP contribution in [0.2, 0.25) is 0 Å². The van der Waals surface area contributed by atoms with Crippen LogP contribution in [-0.2, 0) is 0 Å². The van der Waals surface area contributed by atoms with Crippen molar-refractivity contribution in [2.24, 2.45) is 5.92 Å². The molecule has 0 saturated heterocycles. The lowest BCUT2D eigenvalue weighted by molar-refractivity contribution is -0.0443. The Morgan fingerprint density at radius 1 is 0.481 bits per heavy atom. The van der Waals surface area contributed by atoms with Crippen molar-refractivity contribution < 1.29 is 5.11 Å². The Kier molecular flexibility index (Phi) is 19.3. The van der Waals surface area contributed by atoms with Gasteiger partial charge < -0.3 is 5.11 Å². The summed E-state index contributed by atoms with van der Waals surface area (Å²) in [4.78, 5) is 0. The summed E-state index contributed by atoms with van der Waals surface area (Å²) >= 11 is 0. The molecule has 0 rings (SSSR count). The Morgan fingerprint density at radius 2 is 0.889 bits per heavy atom. The van der Waals surface area contributed by atoms with Gasteiger partial charge in [-0.15, -0.1) is 0 Å². The van der Waals surface area contributed by atoms with E-state index in [1.807, 2.05) is 0 Å². The molecule has 27 heavy (non-hydrogen) atoms. The van der Waals surface area contributed by atoms with E-state index in [4.69, 9.17) is 0 Å². The molecule has 0 heterocycles. The SMILES string of the molecule is CCCCCCCCC(CCCCC)C(O)(CCC)CCCCCCCC. The van der Waals surface area contributed by atoms with Crippen LogP contribution in [0.25, 0.3) is 0 Å². The summed E-state index contributed by atoms with van der Waals surface area (Å²) in [6.45, 7) is 9.11. The number of hydrogen-bond acceptors (Lipinski definition) is 1. The molecule has 1 N–H and O–H groups in total. The fourth-order valence-electron chi connectivity index (χ4n) is 4.67. The Morgan fingerprint density at radius 3 is 1.41 bits per heavy atom. The maximum atomic E-state index is 11.6. The highest BCUT2D eigenvalue weighted by atomic mass is 16.3. The number of hydrogen-bond donors (Lipinski definition) is 1. The van der Waals surface area contributed by atoms with E-state index in [9.17, 15) is 5.11 Å². The Bertz CT molecular complexity index is 288. The van der Waals surface area contributed by atoms with Gasteiger partial charge in [-0.1, -0.05) is 130 Å². The number of unbranched alkanes of at least 4 members (excludes halogenated alkanes) is 12. The van der Waals surface area contributed by atoms with Crippen LogP contribution in [-0.4, -0.2) is 10.7 Å². The smallest absolute Gasteiger partial charge is 0.0675 e. The summed E-state index contributed by atoms with van der Waals surface area (Å²) in [5, 5.41) is 11.6. The quantitative estimate of drug-likeness (QED) is 0.196. The third-order valence-corrected chi connectivity index (χ3v) is 6.47. The van der Waals surface area contributed by atoms with Gasteiger partial charge in [0.15, 0.2) is 0 Å². The topological polar surface area (TPSA) is 20.2 Å². The zero-order chi connectivity index (χ0) is 20.2. The van der Waals surface area contributed by atoms with Crippen molar-refractivity contribution in [3.8, 4) is 0 Å². The molecule has 0 aliphatic heterocycles. The minimum absolute atomic E-state index is 0.392. The van der Waals surface area contributed by atoms with Gasteiger partial charge in [0, 0.05) is 0 Å². The molecule has 0 aromatic heterocycles. The average molecular weight is 383 g/mol. The lowest BCUT2D eigenvalue weighted by Gasteiger charge is -2.37. The van der Waals surface area contributed by atoms with Gasteiger partial charge in [0.1, 0.15) is 0 Å². The first kappa shape index (κ1) is 27.0. The molecule has 0 fully saturated rings. The fourth-order valence-corrected chi connectivity index (χ4v) is 4.67. The van der Waals surface area contributed by atoms with E-state index in [-0.39, 0.29) is 0 Å². The van der Waals surface area contributed by atoms with Gasteiger partial charge in [-0.2, -0.15) is 0 Å². The first-order valence-electron chi connectivity index (χ1n) is 12.9. The lowest BCUT2D eigenvalue weighted by Crippen LogP contribution is -2.38. The van der Waals surface area contributed by atoms with Crippen LogP contribution in [0, 0.1) is 5.92 Å². The van der Waals surface area contributed by atoms with Crippen molar-refractivity contribution in [2.45, 2.75) is 162 Å². The molecule has 0 saturated carbocycles. The molecule has 1 heteroatoms. The highest BCUT2D eigenvalue weighted by Gasteiger charge is 2.34. The molecule has 0 aromatic rings. The third kappa shape index (κ3) is 14.6. The van der Waals surface area contributed by atoms with Gasteiger partial charge in [0.05, 0.1) is 5.60 Å². The second-order valence-corrected chi connectivity index (χ2v) is 9.12. The second-order valence-electron chi connectivity index (χ2n) is 9.12.